The fourth-order valence-corrected chi connectivity index (χ4v) is 3.11. The lowest BCUT2D eigenvalue weighted by Gasteiger charge is -2.13. The lowest BCUT2D eigenvalue weighted by atomic mass is 10.1. The van der Waals surface area contributed by atoms with Crippen LogP contribution in [0.4, 0.5) is 8.78 Å². The third kappa shape index (κ3) is 6.46. The smallest absolute Gasteiger partial charge is 0.387 e. The molecule has 4 rings (SSSR count). The number of benzene rings is 2. The first-order valence-electron chi connectivity index (χ1n) is 10.0. The number of hydrogen-bond acceptors (Lipinski definition) is 6. The lowest BCUT2D eigenvalue weighted by Crippen LogP contribution is -2.36. The molecule has 0 radical (unpaired) electrons. The minimum atomic E-state index is -2.96. The minimum Gasteiger partial charge on any atom is -0.454 e. The van der Waals surface area contributed by atoms with Crippen molar-refractivity contribution >= 4 is 29.9 Å². The van der Waals surface area contributed by atoms with Gasteiger partial charge in [-0.3, -0.25) is 0 Å². The van der Waals surface area contributed by atoms with Gasteiger partial charge in [-0.2, -0.15) is 8.78 Å². The van der Waals surface area contributed by atoms with Crippen molar-refractivity contribution in [2.75, 3.05) is 13.3 Å². The molecule has 0 saturated carbocycles. The number of nitrogens with zero attached hydrogens (tertiary/aromatic N) is 2. The molecule has 2 heterocycles. The van der Waals surface area contributed by atoms with Gasteiger partial charge in [-0.1, -0.05) is 35.5 Å². The highest BCUT2D eigenvalue weighted by Crippen LogP contribution is 2.39. The van der Waals surface area contributed by atoms with E-state index in [1.807, 2.05) is 43.3 Å². The van der Waals surface area contributed by atoms with Crippen molar-refractivity contribution in [1.82, 2.24) is 15.8 Å². The van der Waals surface area contributed by atoms with Gasteiger partial charge in [0.15, 0.2) is 23.2 Å². The van der Waals surface area contributed by atoms with Crippen molar-refractivity contribution in [3.05, 3.63) is 59.8 Å². The van der Waals surface area contributed by atoms with Crippen molar-refractivity contribution in [3.8, 4) is 28.6 Å². The van der Waals surface area contributed by atoms with E-state index in [-0.39, 0.29) is 43.1 Å². The van der Waals surface area contributed by atoms with Gasteiger partial charge in [-0.25, -0.2) is 4.99 Å². The maximum absolute atomic E-state index is 12.8. The molecule has 1 aromatic heterocycles. The Morgan fingerprint density at radius 2 is 1.88 bits per heavy atom. The number of hydrogen-bond donors (Lipinski definition) is 2. The SMILES string of the molecule is CCNC(=NCc1cc2c(cc1OC(F)F)OCO2)NCc1cc(-c2ccccc2)on1.I. The molecule has 176 valence electrons. The topological polar surface area (TPSA) is 90.1 Å². The number of aromatic nitrogens is 1. The first-order valence-corrected chi connectivity index (χ1v) is 10.0. The number of alkyl halides is 2. The van der Waals surface area contributed by atoms with Gasteiger partial charge in [0.1, 0.15) is 11.4 Å². The van der Waals surface area contributed by atoms with E-state index in [0.29, 0.717) is 47.6 Å². The molecule has 0 aliphatic carbocycles. The quantitative estimate of drug-likeness (QED) is 0.233. The zero-order chi connectivity index (χ0) is 22.3. The summed E-state index contributed by atoms with van der Waals surface area (Å²) in [5.74, 6) is 1.97. The predicted octanol–water partition coefficient (Wildman–Crippen LogP) is 4.55. The van der Waals surface area contributed by atoms with Crippen molar-refractivity contribution in [1.29, 1.82) is 0 Å². The molecular weight excluding hydrogens is 549 g/mol. The summed E-state index contributed by atoms with van der Waals surface area (Å²) in [5, 5.41) is 10.3. The summed E-state index contributed by atoms with van der Waals surface area (Å²) in [6.45, 7) is 0.0543. The third-order valence-corrected chi connectivity index (χ3v) is 4.58. The van der Waals surface area contributed by atoms with Crippen LogP contribution in [0.15, 0.2) is 58.0 Å². The zero-order valence-corrected chi connectivity index (χ0v) is 20.0. The Hall–Kier alpha value is -3.09. The number of fused-ring (bicyclic) bond motifs is 1. The lowest BCUT2D eigenvalue weighted by molar-refractivity contribution is -0.0505. The molecule has 2 N–H and O–H groups in total. The average molecular weight is 572 g/mol. The Bertz CT molecular complexity index is 1080. The van der Waals surface area contributed by atoms with Crippen LogP contribution in [0.1, 0.15) is 18.2 Å². The van der Waals surface area contributed by atoms with E-state index < -0.39 is 6.61 Å². The highest BCUT2D eigenvalue weighted by Gasteiger charge is 2.20. The van der Waals surface area contributed by atoms with Crippen LogP contribution in [0.3, 0.4) is 0 Å². The number of guanidine groups is 1. The van der Waals surface area contributed by atoms with Crippen LogP contribution in [-0.2, 0) is 13.1 Å². The summed E-state index contributed by atoms with van der Waals surface area (Å²) in [5.41, 5.74) is 2.07. The van der Waals surface area contributed by atoms with Crippen LogP contribution in [0.5, 0.6) is 17.2 Å². The molecule has 0 spiro atoms. The molecule has 11 heteroatoms. The first kappa shape index (κ1) is 24.6. The third-order valence-electron chi connectivity index (χ3n) is 4.58. The fourth-order valence-electron chi connectivity index (χ4n) is 3.11. The Morgan fingerprint density at radius 3 is 2.61 bits per heavy atom. The second-order valence-corrected chi connectivity index (χ2v) is 6.79. The maximum Gasteiger partial charge on any atom is 0.387 e. The van der Waals surface area contributed by atoms with E-state index in [1.54, 1.807) is 6.07 Å². The van der Waals surface area contributed by atoms with Crippen LogP contribution in [0.2, 0.25) is 0 Å². The van der Waals surface area contributed by atoms with E-state index in [9.17, 15) is 8.78 Å². The normalized spacial score (nSPS) is 12.4. The second-order valence-electron chi connectivity index (χ2n) is 6.79. The van der Waals surface area contributed by atoms with Gasteiger partial charge >= 0.3 is 6.61 Å². The van der Waals surface area contributed by atoms with Crippen molar-refractivity contribution in [2.24, 2.45) is 4.99 Å². The van der Waals surface area contributed by atoms with Crippen LogP contribution >= 0.6 is 24.0 Å². The van der Waals surface area contributed by atoms with Crippen molar-refractivity contribution in [3.63, 3.8) is 0 Å². The summed E-state index contributed by atoms with van der Waals surface area (Å²) >= 11 is 0. The van der Waals surface area contributed by atoms with Gasteiger partial charge in [0, 0.05) is 29.8 Å². The van der Waals surface area contributed by atoms with Crippen LogP contribution < -0.4 is 24.8 Å². The highest BCUT2D eigenvalue weighted by atomic mass is 127. The van der Waals surface area contributed by atoms with E-state index in [1.165, 1.54) is 6.07 Å². The molecule has 1 aliphatic heterocycles. The molecule has 0 fully saturated rings. The highest BCUT2D eigenvalue weighted by molar-refractivity contribution is 14.0. The number of halogens is 3. The fraction of sp³-hybridized carbons (Fsp3) is 0.273. The van der Waals surface area contributed by atoms with E-state index in [4.69, 9.17) is 14.0 Å². The summed E-state index contributed by atoms with van der Waals surface area (Å²) in [6, 6.07) is 14.5. The molecule has 2 aromatic carbocycles. The average Bonchev–Trinajstić information content (AvgIpc) is 3.45. The van der Waals surface area contributed by atoms with E-state index in [2.05, 4.69) is 25.5 Å². The van der Waals surface area contributed by atoms with E-state index in [0.717, 1.165) is 5.56 Å². The van der Waals surface area contributed by atoms with Gasteiger partial charge in [0.2, 0.25) is 6.79 Å². The minimum absolute atomic E-state index is 0. The van der Waals surface area contributed by atoms with Gasteiger partial charge < -0.3 is 29.4 Å². The molecule has 33 heavy (non-hydrogen) atoms. The molecule has 0 saturated heterocycles. The Morgan fingerprint density at radius 1 is 1.12 bits per heavy atom. The van der Waals surface area contributed by atoms with Crippen LogP contribution in [-0.4, -0.2) is 31.1 Å². The van der Waals surface area contributed by atoms with Gasteiger partial charge in [-0.05, 0) is 13.0 Å². The predicted molar refractivity (Wildman–Crippen MR) is 128 cm³/mol. The van der Waals surface area contributed by atoms with Crippen LogP contribution in [0, 0.1) is 0 Å². The zero-order valence-electron chi connectivity index (χ0n) is 17.7. The van der Waals surface area contributed by atoms with E-state index >= 15 is 0 Å². The molecule has 8 nitrogen and oxygen atoms in total. The van der Waals surface area contributed by atoms with Gasteiger partial charge in [-0.15, -0.1) is 24.0 Å². The molecule has 0 bridgehead atoms. The van der Waals surface area contributed by atoms with Gasteiger partial charge in [0.25, 0.3) is 0 Å². The monoisotopic (exact) mass is 572 g/mol. The number of rotatable bonds is 8. The van der Waals surface area contributed by atoms with Crippen molar-refractivity contribution in [2.45, 2.75) is 26.6 Å². The molecule has 1 aliphatic rings. The maximum atomic E-state index is 12.8. The Balaban J connectivity index is 0.00000306. The van der Waals surface area contributed by atoms with Gasteiger partial charge in [0.05, 0.1) is 13.1 Å². The standard InChI is InChI=1S/C22H22F2N4O4.HI/c1-2-25-22(27-12-16-9-18(32-28-16)14-6-4-3-5-7-14)26-11-15-8-19-20(30-13-29-19)10-17(15)31-21(23)24;/h3-10,21H,2,11-13H2,1H3,(H2,25,26,27);1H. The molecular formula is C22H23F2IN4O4. The van der Waals surface area contributed by atoms with Crippen LogP contribution in [0.25, 0.3) is 11.3 Å². The Labute approximate surface area is 206 Å². The number of aliphatic imine (C=N–C) groups is 1. The summed E-state index contributed by atoms with van der Waals surface area (Å²) in [6.07, 6.45) is 0. The molecule has 0 unspecified atom stereocenters. The first-order chi connectivity index (χ1) is 15.6. The summed E-state index contributed by atoms with van der Waals surface area (Å²) in [4.78, 5) is 4.47. The second kappa shape index (κ2) is 11.7. The van der Waals surface area contributed by atoms with Crippen molar-refractivity contribution < 1.29 is 27.5 Å². The Kier molecular flexibility index (Phi) is 8.69. The summed E-state index contributed by atoms with van der Waals surface area (Å²) < 4.78 is 46.3. The summed E-state index contributed by atoms with van der Waals surface area (Å²) in [7, 11) is 0. The molecule has 3 aromatic rings. The number of nitrogens with one attached hydrogen (secondary N) is 2. The molecule has 0 amide bonds. The number of ether oxygens (including phenoxy) is 3. The largest absolute Gasteiger partial charge is 0.454 e. The molecule has 0 atom stereocenters.